The van der Waals surface area contributed by atoms with Gasteiger partial charge in [-0.05, 0) is 58.0 Å². The number of ether oxygens (including phenoxy) is 1. The number of amides is 1. The number of likely N-dealkylation sites (tertiary alicyclic amines) is 1. The summed E-state index contributed by atoms with van der Waals surface area (Å²) < 4.78 is 17.8. The van der Waals surface area contributed by atoms with Crippen LogP contribution in [0.25, 0.3) is 0 Å². The third-order valence-corrected chi connectivity index (χ3v) is 6.19. The zero-order chi connectivity index (χ0) is 19.8. The number of carbonyl (C=O) groups excluding carboxylic acids is 1. The second-order valence-electron chi connectivity index (χ2n) is 8.92. The Morgan fingerprint density at radius 1 is 1.26 bits per heavy atom. The van der Waals surface area contributed by atoms with Crippen molar-refractivity contribution >= 4 is 18.5 Å². The van der Waals surface area contributed by atoms with Gasteiger partial charge < -0.3 is 18.9 Å². The summed E-state index contributed by atoms with van der Waals surface area (Å²) in [5.74, 6) is 1.46. The number of carbonyl (C=O) groups is 1. The lowest BCUT2D eigenvalue weighted by Crippen LogP contribution is -2.41. The van der Waals surface area contributed by atoms with Gasteiger partial charge in [0.2, 0.25) is 5.91 Å². The van der Waals surface area contributed by atoms with E-state index in [9.17, 15) is 4.79 Å². The Bertz CT molecular complexity index is 687. The summed E-state index contributed by atoms with van der Waals surface area (Å²) in [4.78, 5) is 14.7. The molecule has 1 atom stereocenters. The van der Waals surface area contributed by atoms with Gasteiger partial charge in [-0.3, -0.25) is 4.79 Å². The molecule has 1 amide bonds. The second kappa shape index (κ2) is 7.48. The molecule has 1 aromatic rings. The Kier molecular flexibility index (Phi) is 5.60. The number of benzene rings is 1. The van der Waals surface area contributed by atoms with Crippen LogP contribution in [0, 0.1) is 5.92 Å². The molecule has 1 unspecified atom stereocenters. The zero-order valence-corrected chi connectivity index (χ0v) is 17.5. The predicted octanol–water partition coefficient (Wildman–Crippen LogP) is 2.80. The van der Waals surface area contributed by atoms with Crippen molar-refractivity contribution in [2.24, 2.45) is 5.92 Å². The van der Waals surface area contributed by atoms with Gasteiger partial charge in [0, 0.05) is 18.7 Å². The third kappa shape index (κ3) is 4.17. The Balaban J connectivity index is 1.74. The average Bonchev–Trinajstić information content (AvgIpc) is 2.83. The van der Waals surface area contributed by atoms with E-state index in [1.54, 1.807) is 7.11 Å². The van der Waals surface area contributed by atoms with Crippen molar-refractivity contribution in [3.05, 3.63) is 23.8 Å². The summed E-state index contributed by atoms with van der Waals surface area (Å²) in [5, 5.41) is 0. The second-order valence-corrected chi connectivity index (χ2v) is 8.92. The molecule has 2 aliphatic rings. The Labute approximate surface area is 163 Å². The Hall–Kier alpha value is -1.53. The summed E-state index contributed by atoms with van der Waals surface area (Å²) in [6.45, 7) is 12.1. The normalized spacial score (nSPS) is 24.1. The third-order valence-electron chi connectivity index (χ3n) is 6.19. The molecule has 0 radical (unpaired) electrons. The monoisotopic (exact) mass is 373 g/mol. The van der Waals surface area contributed by atoms with Gasteiger partial charge in [0.25, 0.3) is 0 Å². The SMILES string of the molecule is COc1cc(B2OC(C)(C)C(C)(C)O2)ccc1CC(=O)N1CCCC(C)C1. The van der Waals surface area contributed by atoms with Crippen molar-refractivity contribution < 1.29 is 18.8 Å². The number of methoxy groups -OCH3 is 1. The minimum atomic E-state index is -0.434. The van der Waals surface area contributed by atoms with Crippen molar-refractivity contribution in [1.82, 2.24) is 4.90 Å². The smallest absolute Gasteiger partial charge is 0.494 e. The summed E-state index contributed by atoms with van der Waals surface area (Å²) in [6, 6.07) is 5.88. The first-order chi connectivity index (χ1) is 12.6. The van der Waals surface area contributed by atoms with Gasteiger partial charge in [-0.1, -0.05) is 19.1 Å². The summed E-state index contributed by atoms with van der Waals surface area (Å²) in [5.41, 5.74) is 1.05. The van der Waals surface area contributed by atoms with Gasteiger partial charge in [0.05, 0.1) is 24.7 Å². The van der Waals surface area contributed by atoms with E-state index in [4.69, 9.17) is 14.0 Å². The van der Waals surface area contributed by atoms with E-state index in [2.05, 4.69) is 6.92 Å². The maximum absolute atomic E-state index is 12.7. The number of hydrogen-bond donors (Lipinski definition) is 0. The minimum Gasteiger partial charge on any atom is -0.496 e. The van der Waals surface area contributed by atoms with Crippen molar-refractivity contribution in [3.8, 4) is 5.75 Å². The van der Waals surface area contributed by atoms with Crippen LogP contribution >= 0.6 is 0 Å². The predicted molar refractivity (Wildman–Crippen MR) is 107 cm³/mol. The van der Waals surface area contributed by atoms with Gasteiger partial charge in [-0.25, -0.2) is 0 Å². The van der Waals surface area contributed by atoms with Crippen LogP contribution in [0.1, 0.15) is 53.0 Å². The van der Waals surface area contributed by atoms with E-state index in [0.717, 1.165) is 30.5 Å². The minimum absolute atomic E-state index is 0.170. The van der Waals surface area contributed by atoms with Gasteiger partial charge in [0.15, 0.2) is 0 Å². The fraction of sp³-hybridized carbons (Fsp3) is 0.667. The molecule has 0 aliphatic carbocycles. The van der Waals surface area contributed by atoms with Crippen LogP contribution in [0.3, 0.4) is 0 Å². The van der Waals surface area contributed by atoms with E-state index < -0.39 is 7.12 Å². The molecule has 0 saturated carbocycles. The molecule has 0 N–H and O–H groups in total. The van der Waals surface area contributed by atoms with Crippen molar-refractivity contribution in [2.75, 3.05) is 20.2 Å². The first-order valence-corrected chi connectivity index (χ1v) is 9.93. The van der Waals surface area contributed by atoms with Crippen molar-refractivity contribution in [3.63, 3.8) is 0 Å². The molecule has 0 spiro atoms. The van der Waals surface area contributed by atoms with E-state index in [-0.39, 0.29) is 17.1 Å². The quantitative estimate of drug-likeness (QED) is 0.762. The fourth-order valence-corrected chi connectivity index (χ4v) is 3.72. The van der Waals surface area contributed by atoms with Crippen molar-refractivity contribution in [1.29, 1.82) is 0 Å². The number of hydrogen-bond acceptors (Lipinski definition) is 4. The maximum atomic E-state index is 12.7. The molecule has 1 aromatic carbocycles. The summed E-state index contributed by atoms with van der Waals surface area (Å²) >= 11 is 0. The fourth-order valence-electron chi connectivity index (χ4n) is 3.72. The van der Waals surface area contributed by atoms with E-state index in [1.807, 2.05) is 50.8 Å². The Morgan fingerprint density at radius 2 is 1.93 bits per heavy atom. The first-order valence-electron chi connectivity index (χ1n) is 9.93. The molecule has 27 heavy (non-hydrogen) atoms. The highest BCUT2D eigenvalue weighted by Crippen LogP contribution is 2.36. The van der Waals surface area contributed by atoms with E-state index in [0.29, 0.717) is 18.1 Å². The number of piperidine rings is 1. The number of rotatable bonds is 4. The van der Waals surface area contributed by atoms with E-state index in [1.165, 1.54) is 6.42 Å². The van der Waals surface area contributed by atoms with Gasteiger partial charge in [-0.15, -0.1) is 0 Å². The molecule has 6 heteroatoms. The molecular weight excluding hydrogens is 341 g/mol. The van der Waals surface area contributed by atoms with Crippen LogP contribution < -0.4 is 10.2 Å². The molecule has 2 saturated heterocycles. The Morgan fingerprint density at radius 3 is 2.52 bits per heavy atom. The molecule has 148 valence electrons. The number of nitrogens with zero attached hydrogens (tertiary/aromatic N) is 1. The van der Waals surface area contributed by atoms with Crippen molar-refractivity contribution in [2.45, 2.75) is 65.1 Å². The molecular formula is C21H32BNO4. The standard InChI is InChI=1S/C21H32BNO4/c1-15-8-7-11-23(14-15)19(24)12-16-9-10-17(13-18(16)25-6)22-26-20(2,3)21(4,5)27-22/h9-10,13,15H,7-8,11-12,14H2,1-6H3. The lowest BCUT2D eigenvalue weighted by atomic mass is 9.78. The molecule has 5 nitrogen and oxygen atoms in total. The van der Waals surface area contributed by atoms with Crippen LogP contribution in [0.2, 0.25) is 0 Å². The van der Waals surface area contributed by atoms with Crippen LogP contribution in [0.15, 0.2) is 18.2 Å². The molecule has 2 heterocycles. The lowest BCUT2D eigenvalue weighted by Gasteiger charge is -2.32. The largest absolute Gasteiger partial charge is 0.496 e. The van der Waals surface area contributed by atoms with Crippen LogP contribution in [0.5, 0.6) is 5.75 Å². The highest BCUT2D eigenvalue weighted by molar-refractivity contribution is 6.62. The summed E-state index contributed by atoms with van der Waals surface area (Å²) in [6.07, 6.45) is 2.65. The molecule has 3 rings (SSSR count). The van der Waals surface area contributed by atoms with Crippen LogP contribution in [-0.4, -0.2) is 49.3 Å². The van der Waals surface area contributed by atoms with Gasteiger partial charge in [0.1, 0.15) is 5.75 Å². The molecule has 0 aromatic heterocycles. The highest BCUT2D eigenvalue weighted by atomic mass is 16.7. The van der Waals surface area contributed by atoms with Gasteiger partial charge in [-0.2, -0.15) is 0 Å². The molecule has 2 fully saturated rings. The van der Waals surface area contributed by atoms with E-state index >= 15 is 0 Å². The molecule has 2 aliphatic heterocycles. The maximum Gasteiger partial charge on any atom is 0.494 e. The van der Waals surface area contributed by atoms with Crippen LogP contribution in [0.4, 0.5) is 0 Å². The van der Waals surface area contributed by atoms with Gasteiger partial charge >= 0.3 is 7.12 Å². The zero-order valence-electron chi connectivity index (χ0n) is 17.5. The summed E-state index contributed by atoms with van der Waals surface area (Å²) in [7, 11) is 1.21. The average molecular weight is 373 g/mol. The highest BCUT2D eigenvalue weighted by Gasteiger charge is 2.51. The van der Waals surface area contributed by atoms with Crippen LogP contribution in [-0.2, 0) is 20.5 Å². The topological polar surface area (TPSA) is 48.0 Å². The lowest BCUT2D eigenvalue weighted by molar-refractivity contribution is -0.132. The first kappa shape index (κ1) is 20.2. The molecule has 0 bridgehead atoms.